The van der Waals surface area contributed by atoms with E-state index in [0.29, 0.717) is 39.1 Å². The molecule has 0 aromatic heterocycles. The molecule has 122 valence electrons. The lowest BCUT2D eigenvalue weighted by molar-refractivity contribution is -0.0732. The molecule has 5 heteroatoms. The number of piperidine rings is 1. The van der Waals surface area contributed by atoms with Gasteiger partial charge < -0.3 is 20.1 Å². The first kappa shape index (κ1) is 16.8. The van der Waals surface area contributed by atoms with Crippen LogP contribution in [0, 0.1) is 5.92 Å². The van der Waals surface area contributed by atoms with Crippen molar-refractivity contribution in [2.24, 2.45) is 5.92 Å². The zero-order chi connectivity index (χ0) is 16.0. The highest BCUT2D eigenvalue weighted by atomic mass is 16.5. The van der Waals surface area contributed by atoms with Crippen LogP contribution < -0.4 is 5.32 Å². The fraction of sp³-hybridized carbons (Fsp3) is 0.588. The van der Waals surface area contributed by atoms with Gasteiger partial charge in [-0.05, 0) is 18.4 Å². The quantitative estimate of drug-likeness (QED) is 0.875. The number of likely N-dealkylation sites (tertiary alicyclic amines) is 1. The average molecular weight is 306 g/mol. The molecule has 1 aliphatic heterocycles. The minimum absolute atomic E-state index is 0.0406. The second kappa shape index (κ2) is 7.61. The van der Waals surface area contributed by atoms with Gasteiger partial charge in [-0.3, -0.25) is 0 Å². The van der Waals surface area contributed by atoms with Crippen LogP contribution in [0.1, 0.15) is 25.3 Å². The van der Waals surface area contributed by atoms with Crippen molar-refractivity contribution >= 4 is 6.03 Å². The minimum Gasteiger partial charge on any atom is -0.389 e. The van der Waals surface area contributed by atoms with Crippen molar-refractivity contribution in [3.05, 3.63) is 35.9 Å². The molecule has 22 heavy (non-hydrogen) atoms. The molecule has 1 aromatic rings. The number of nitrogens with one attached hydrogen (secondary N) is 1. The molecule has 1 saturated heterocycles. The normalized spacial score (nSPS) is 25.0. The Morgan fingerprint density at radius 3 is 2.82 bits per heavy atom. The SMILES string of the molecule is COCC[C@@]1(O)CCN(C(=O)NCc2ccccc2)C[C@@H]1C. The number of rotatable bonds is 5. The van der Waals surface area contributed by atoms with E-state index in [1.165, 1.54) is 0 Å². The number of carbonyl (C=O) groups excluding carboxylic acids is 1. The Morgan fingerprint density at radius 1 is 1.45 bits per heavy atom. The zero-order valence-corrected chi connectivity index (χ0v) is 13.4. The Labute approximate surface area is 132 Å². The number of carbonyl (C=O) groups is 1. The van der Waals surface area contributed by atoms with Gasteiger partial charge in [0.15, 0.2) is 0 Å². The van der Waals surface area contributed by atoms with Gasteiger partial charge in [0.1, 0.15) is 0 Å². The van der Waals surface area contributed by atoms with Crippen LogP contribution in [0.3, 0.4) is 0 Å². The van der Waals surface area contributed by atoms with Crippen LogP contribution in [0.25, 0.3) is 0 Å². The first-order valence-corrected chi connectivity index (χ1v) is 7.83. The van der Waals surface area contributed by atoms with Crippen molar-refractivity contribution in [2.45, 2.75) is 31.9 Å². The molecule has 1 aliphatic rings. The Balaban J connectivity index is 1.83. The summed E-state index contributed by atoms with van der Waals surface area (Å²) in [6.45, 7) is 4.21. The first-order valence-electron chi connectivity index (χ1n) is 7.83. The number of aliphatic hydroxyl groups is 1. The summed E-state index contributed by atoms with van der Waals surface area (Å²) in [4.78, 5) is 14.0. The lowest BCUT2D eigenvalue weighted by Gasteiger charge is -2.43. The maximum atomic E-state index is 12.3. The van der Waals surface area contributed by atoms with Crippen molar-refractivity contribution in [3.8, 4) is 0 Å². The third-order valence-corrected chi connectivity index (χ3v) is 4.54. The Hall–Kier alpha value is -1.59. The number of ether oxygens (including phenoxy) is 1. The van der Waals surface area contributed by atoms with Crippen LogP contribution in [0.4, 0.5) is 4.79 Å². The van der Waals surface area contributed by atoms with Gasteiger partial charge in [-0.1, -0.05) is 37.3 Å². The highest BCUT2D eigenvalue weighted by molar-refractivity contribution is 5.74. The number of methoxy groups -OCH3 is 1. The van der Waals surface area contributed by atoms with Gasteiger partial charge in [-0.15, -0.1) is 0 Å². The number of urea groups is 1. The van der Waals surface area contributed by atoms with Gasteiger partial charge in [0, 0.05) is 39.3 Å². The van der Waals surface area contributed by atoms with E-state index in [0.717, 1.165) is 5.56 Å². The molecule has 5 nitrogen and oxygen atoms in total. The molecule has 0 aliphatic carbocycles. The molecule has 2 rings (SSSR count). The van der Waals surface area contributed by atoms with Gasteiger partial charge in [-0.25, -0.2) is 4.79 Å². The smallest absolute Gasteiger partial charge is 0.317 e. The van der Waals surface area contributed by atoms with Gasteiger partial charge in [0.2, 0.25) is 0 Å². The monoisotopic (exact) mass is 306 g/mol. The van der Waals surface area contributed by atoms with E-state index in [9.17, 15) is 9.90 Å². The van der Waals surface area contributed by atoms with E-state index in [-0.39, 0.29) is 11.9 Å². The second-order valence-electron chi connectivity index (χ2n) is 6.09. The van der Waals surface area contributed by atoms with Crippen LogP contribution in [0.2, 0.25) is 0 Å². The number of nitrogens with zero attached hydrogens (tertiary/aromatic N) is 1. The summed E-state index contributed by atoms with van der Waals surface area (Å²) in [6.07, 6.45) is 1.21. The van der Waals surface area contributed by atoms with Crippen molar-refractivity contribution in [2.75, 3.05) is 26.8 Å². The first-order chi connectivity index (χ1) is 10.5. The average Bonchev–Trinajstić information content (AvgIpc) is 2.54. The number of hydrogen-bond donors (Lipinski definition) is 2. The van der Waals surface area contributed by atoms with E-state index in [2.05, 4.69) is 5.32 Å². The van der Waals surface area contributed by atoms with Crippen LogP contribution in [0.15, 0.2) is 30.3 Å². The predicted molar refractivity (Wildman–Crippen MR) is 85.5 cm³/mol. The summed E-state index contributed by atoms with van der Waals surface area (Å²) >= 11 is 0. The number of amides is 2. The van der Waals surface area contributed by atoms with Gasteiger partial charge >= 0.3 is 6.03 Å². The lowest BCUT2D eigenvalue weighted by Crippen LogP contribution is -2.54. The molecular formula is C17H26N2O3. The highest BCUT2D eigenvalue weighted by Gasteiger charge is 2.39. The third-order valence-electron chi connectivity index (χ3n) is 4.54. The lowest BCUT2D eigenvalue weighted by atomic mass is 9.80. The molecule has 2 atom stereocenters. The Morgan fingerprint density at radius 2 is 2.18 bits per heavy atom. The molecule has 0 spiro atoms. The van der Waals surface area contributed by atoms with Crippen molar-refractivity contribution in [3.63, 3.8) is 0 Å². The summed E-state index contributed by atoms with van der Waals surface area (Å²) in [6, 6.07) is 9.79. The predicted octanol–water partition coefficient (Wildman–Crippen LogP) is 2.01. The molecule has 0 unspecified atom stereocenters. The molecule has 1 aromatic carbocycles. The van der Waals surface area contributed by atoms with Crippen molar-refractivity contribution in [1.29, 1.82) is 0 Å². The molecular weight excluding hydrogens is 280 g/mol. The Kier molecular flexibility index (Phi) is 5.80. The summed E-state index contributed by atoms with van der Waals surface area (Å²) in [7, 11) is 1.64. The minimum atomic E-state index is -0.730. The van der Waals surface area contributed by atoms with Gasteiger partial charge in [-0.2, -0.15) is 0 Å². The summed E-state index contributed by atoms with van der Waals surface area (Å²) in [5.74, 6) is 0.0406. The third kappa shape index (κ3) is 4.21. The van der Waals surface area contributed by atoms with Crippen molar-refractivity contribution < 1.29 is 14.6 Å². The van der Waals surface area contributed by atoms with Crippen LogP contribution in [-0.2, 0) is 11.3 Å². The van der Waals surface area contributed by atoms with Crippen LogP contribution in [0.5, 0.6) is 0 Å². The zero-order valence-electron chi connectivity index (χ0n) is 13.4. The number of hydrogen-bond acceptors (Lipinski definition) is 3. The molecule has 0 bridgehead atoms. The number of benzene rings is 1. The van der Waals surface area contributed by atoms with E-state index < -0.39 is 5.60 Å². The maximum absolute atomic E-state index is 12.3. The standard InChI is InChI=1S/C17H26N2O3/c1-14-13-19(10-8-17(14,21)9-11-22-2)16(20)18-12-15-6-4-3-5-7-15/h3-7,14,21H,8-13H2,1-2H3,(H,18,20)/t14-,17-/m0/s1. The summed E-state index contributed by atoms with van der Waals surface area (Å²) in [5, 5.41) is 13.6. The van der Waals surface area contributed by atoms with Crippen LogP contribution in [-0.4, -0.2) is 48.4 Å². The molecule has 0 radical (unpaired) electrons. The Bertz CT molecular complexity index is 480. The van der Waals surface area contributed by atoms with E-state index in [4.69, 9.17) is 4.74 Å². The molecule has 1 fully saturated rings. The van der Waals surface area contributed by atoms with Gasteiger partial charge in [0.25, 0.3) is 0 Å². The van der Waals surface area contributed by atoms with E-state index >= 15 is 0 Å². The highest BCUT2D eigenvalue weighted by Crippen LogP contribution is 2.30. The van der Waals surface area contributed by atoms with E-state index in [1.54, 1.807) is 12.0 Å². The van der Waals surface area contributed by atoms with Crippen LogP contribution >= 0.6 is 0 Å². The summed E-state index contributed by atoms with van der Waals surface area (Å²) in [5.41, 5.74) is 0.351. The fourth-order valence-corrected chi connectivity index (χ4v) is 2.89. The van der Waals surface area contributed by atoms with Crippen molar-refractivity contribution in [1.82, 2.24) is 10.2 Å². The maximum Gasteiger partial charge on any atom is 0.317 e. The second-order valence-corrected chi connectivity index (χ2v) is 6.09. The topological polar surface area (TPSA) is 61.8 Å². The van der Waals surface area contributed by atoms with E-state index in [1.807, 2.05) is 37.3 Å². The largest absolute Gasteiger partial charge is 0.389 e. The van der Waals surface area contributed by atoms with Gasteiger partial charge in [0.05, 0.1) is 5.60 Å². The summed E-state index contributed by atoms with van der Waals surface area (Å²) < 4.78 is 5.07. The molecule has 2 N–H and O–H groups in total. The molecule has 1 heterocycles. The molecule has 0 saturated carbocycles. The molecule has 2 amide bonds. The fourth-order valence-electron chi connectivity index (χ4n) is 2.89.